The van der Waals surface area contributed by atoms with E-state index in [2.05, 4.69) is 19.7 Å². The van der Waals surface area contributed by atoms with E-state index in [0.29, 0.717) is 6.54 Å². The fraction of sp³-hybridized carbons (Fsp3) is 0.125. The molecule has 118 valence electrons. The van der Waals surface area contributed by atoms with Crippen LogP contribution in [0.4, 0.5) is 5.13 Å². The maximum atomic E-state index is 5.31. The minimum Gasteiger partial charge on any atom is -0.467 e. The summed E-state index contributed by atoms with van der Waals surface area (Å²) in [4.78, 5) is 9.25. The first kappa shape index (κ1) is 15.6. The summed E-state index contributed by atoms with van der Waals surface area (Å²) in [7, 11) is 0. The molecule has 0 aliphatic heterocycles. The smallest absolute Gasteiger partial charge is 0.183 e. The van der Waals surface area contributed by atoms with Crippen LogP contribution in [0.5, 0.6) is 0 Å². The van der Waals surface area contributed by atoms with Crippen LogP contribution >= 0.6 is 23.7 Å². The second-order valence-electron chi connectivity index (χ2n) is 4.95. The lowest BCUT2D eigenvalue weighted by atomic mass is 10.3. The fourth-order valence-electron chi connectivity index (χ4n) is 2.46. The Hall–Kier alpha value is -2.31. The highest BCUT2D eigenvalue weighted by molar-refractivity contribution is 7.14. The van der Waals surface area contributed by atoms with E-state index in [1.807, 2.05) is 48.8 Å². The third-order valence-electron chi connectivity index (χ3n) is 3.44. The number of anilines is 1. The van der Waals surface area contributed by atoms with Crippen LogP contribution in [0.1, 0.15) is 11.5 Å². The summed E-state index contributed by atoms with van der Waals surface area (Å²) < 4.78 is 7.38. The molecule has 0 aliphatic rings. The van der Waals surface area contributed by atoms with E-state index in [0.717, 1.165) is 33.6 Å². The summed E-state index contributed by atoms with van der Waals surface area (Å²) in [6.07, 6.45) is 3.69. The molecule has 0 unspecified atom stereocenters. The van der Waals surface area contributed by atoms with Crippen molar-refractivity contribution in [3.05, 3.63) is 59.6 Å². The molecule has 0 aromatic carbocycles. The summed E-state index contributed by atoms with van der Waals surface area (Å²) >= 11 is 1.58. The number of fused-ring (bicyclic) bond motifs is 1. The van der Waals surface area contributed by atoms with E-state index in [1.165, 1.54) is 0 Å². The number of nitrogens with zero attached hydrogens (tertiary/aromatic N) is 3. The van der Waals surface area contributed by atoms with Gasteiger partial charge in [-0.05, 0) is 31.2 Å². The molecule has 0 bridgehead atoms. The fourth-order valence-corrected chi connectivity index (χ4v) is 3.16. The van der Waals surface area contributed by atoms with Crippen LogP contribution in [0, 0.1) is 6.92 Å². The van der Waals surface area contributed by atoms with Crippen molar-refractivity contribution in [2.24, 2.45) is 0 Å². The molecule has 0 fully saturated rings. The highest BCUT2D eigenvalue weighted by Crippen LogP contribution is 2.28. The first-order chi connectivity index (χ1) is 10.8. The monoisotopic (exact) mass is 346 g/mol. The Labute approximate surface area is 143 Å². The summed E-state index contributed by atoms with van der Waals surface area (Å²) in [5, 5.41) is 6.20. The van der Waals surface area contributed by atoms with Gasteiger partial charge in [-0.15, -0.1) is 23.7 Å². The van der Waals surface area contributed by atoms with Crippen molar-refractivity contribution in [3.8, 4) is 11.4 Å². The standard InChI is InChI=1S/C16H14N4OS.ClH/c1-11-15(20-7-3-2-6-14(20)18-11)13-10-22-16(19-13)17-9-12-5-4-8-21-12;/h2-8,10H,9H2,1H3,(H,17,19);1H. The topological polar surface area (TPSA) is 55.4 Å². The third kappa shape index (κ3) is 2.95. The number of hydrogen-bond donors (Lipinski definition) is 1. The van der Waals surface area contributed by atoms with Crippen LogP contribution in [-0.4, -0.2) is 14.4 Å². The van der Waals surface area contributed by atoms with E-state index >= 15 is 0 Å². The zero-order valence-electron chi connectivity index (χ0n) is 12.4. The summed E-state index contributed by atoms with van der Waals surface area (Å²) in [5.41, 5.74) is 3.89. The van der Waals surface area contributed by atoms with E-state index in [4.69, 9.17) is 4.42 Å². The molecule has 0 saturated carbocycles. The van der Waals surface area contributed by atoms with Crippen molar-refractivity contribution in [2.45, 2.75) is 13.5 Å². The van der Waals surface area contributed by atoms with Gasteiger partial charge in [-0.1, -0.05) is 6.07 Å². The van der Waals surface area contributed by atoms with Gasteiger partial charge in [-0.25, -0.2) is 9.97 Å². The first-order valence-electron chi connectivity index (χ1n) is 6.97. The van der Waals surface area contributed by atoms with Crippen LogP contribution < -0.4 is 5.32 Å². The SMILES string of the molecule is Cc1nc2ccccn2c1-c1csc(NCc2ccco2)n1.Cl. The molecule has 0 saturated heterocycles. The number of aromatic nitrogens is 3. The number of halogens is 1. The van der Waals surface area contributed by atoms with Crippen molar-refractivity contribution < 1.29 is 4.42 Å². The van der Waals surface area contributed by atoms with Crippen molar-refractivity contribution in [3.63, 3.8) is 0 Å². The lowest BCUT2D eigenvalue weighted by Crippen LogP contribution is -1.97. The Balaban J connectivity index is 0.00000156. The number of thiazole rings is 1. The van der Waals surface area contributed by atoms with E-state index in [9.17, 15) is 0 Å². The summed E-state index contributed by atoms with van der Waals surface area (Å²) in [6, 6.07) is 9.81. The van der Waals surface area contributed by atoms with Crippen LogP contribution in [-0.2, 0) is 6.54 Å². The van der Waals surface area contributed by atoms with Gasteiger partial charge in [-0.3, -0.25) is 4.40 Å². The zero-order chi connectivity index (χ0) is 14.9. The predicted octanol–water partition coefficient (Wildman–Crippen LogP) is 4.39. The van der Waals surface area contributed by atoms with Crippen molar-refractivity contribution in [1.29, 1.82) is 0 Å². The first-order valence-corrected chi connectivity index (χ1v) is 7.85. The molecule has 4 rings (SSSR count). The molecule has 23 heavy (non-hydrogen) atoms. The molecule has 7 heteroatoms. The van der Waals surface area contributed by atoms with Gasteiger partial charge in [0.05, 0.1) is 24.2 Å². The number of nitrogens with one attached hydrogen (secondary N) is 1. The maximum absolute atomic E-state index is 5.31. The minimum atomic E-state index is 0. The Kier molecular flexibility index (Phi) is 4.36. The third-order valence-corrected chi connectivity index (χ3v) is 4.24. The van der Waals surface area contributed by atoms with Gasteiger partial charge in [0.25, 0.3) is 0 Å². The largest absolute Gasteiger partial charge is 0.467 e. The number of hydrogen-bond acceptors (Lipinski definition) is 5. The lowest BCUT2D eigenvalue weighted by Gasteiger charge is -2.00. The predicted molar refractivity (Wildman–Crippen MR) is 94.3 cm³/mol. The number of pyridine rings is 1. The lowest BCUT2D eigenvalue weighted by molar-refractivity contribution is 0.518. The molecule has 0 radical (unpaired) electrons. The Bertz CT molecular complexity index is 913. The van der Waals surface area contributed by atoms with Crippen molar-refractivity contribution in [2.75, 3.05) is 5.32 Å². The molecule has 0 aliphatic carbocycles. The molecule has 0 amide bonds. The van der Waals surface area contributed by atoms with Gasteiger partial charge in [-0.2, -0.15) is 0 Å². The van der Waals surface area contributed by atoms with Crippen LogP contribution in [0.15, 0.2) is 52.6 Å². The van der Waals surface area contributed by atoms with Gasteiger partial charge in [0.15, 0.2) is 5.13 Å². The second kappa shape index (κ2) is 6.44. The molecule has 4 heterocycles. The molecule has 4 aromatic heterocycles. The molecule has 0 spiro atoms. The molecular weight excluding hydrogens is 332 g/mol. The highest BCUT2D eigenvalue weighted by atomic mass is 35.5. The van der Waals surface area contributed by atoms with E-state index in [-0.39, 0.29) is 12.4 Å². The number of aryl methyl sites for hydroxylation is 1. The molecular formula is C16H15ClN4OS. The molecule has 1 N–H and O–H groups in total. The zero-order valence-corrected chi connectivity index (χ0v) is 14.0. The number of imidazole rings is 1. The van der Waals surface area contributed by atoms with Crippen LogP contribution in [0.25, 0.3) is 17.0 Å². The second-order valence-corrected chi connectivity index (χ2v) is 5.80. The van der Waals surface area contributed by atoms with Gasteiger partial charge in [0, 0.05) is 11.6 Å². The Morgan fingerprint density at radius 2 is 2.13 bits per heavy atom. The summed E-state index contributed by atoms with van der Waals surface area (Å²) in [6.45, 7) is 2.64. The molecule has 5 nitrogen and oxygen atoms in total. The Morgan fingerprint density at radius 3 is 2.96 bits per heavy atom. The van der Waals surface area contributed by atoms with Gasteiger partial charge in [0.2, 0.25) is 0 Å². The molecule has 0 atom stereocenters. The highest BCUT2D eigenvalue weighted by Gasteiger charge is 2.13. The molecule has 4 aromatic rings. The maximum Gasteiger partial charge on any atom is 0.183 e. The minimum absolute atomic E-state index is 0. The normalized spacial score (nSPS) is 10.7. The van der Waals surface area contributed by atoms with Crippen molar-refractivity contribution >= 4 is 34.5 Å². The quantitative estimate of drug-likeness (QED) is 0.595. The number of furan rings is 1. The average Bonchev–Trinajstić information content (AvgIpc) is 3.24. The Morgan fingerprint density at radius 1 is 1.22 bits per heavy atom. The number of rotatable bonds is 4. The van der Waals surface area contributed by atoms with E-state index in [1.54, 1.807) is 17.6 Å². The van der Waals surface area contributed by atoms with E-state index < -0.39 is 0 Å². The van der Waals surface area contributed by atoms with Gasteiger partial charge >= 0.3 is 0 Å². The summed E-state index contributed by atoms with van der Waals surface area (Å²) in [5.74, 6) is 0.891. The average molecular weight is 347 g/mol. The van der Waals surface area contributed by atoms with Crippen LogP contribution in [0.3, 0.4) is 0 Å². The van der Waals surface area contributed by atoms with Gasteiger partial charge in [0.1, 0.15) is 17.1 Å². The van der Waals surface area contributed by atoms with Crippen molar-refractivity contribution in [1.82, 2.24) is 14.4 Å². The van der Waals surface area contributed by atoms with Crippen LogP contribution in [0.2, 0.25) is 0 Å². The van der Waals surface area contributed by atoms with Gasteiger partial charge < -0.3 is 9.73 Å².